The number of nitrogens with one attached hydrogen (secondary N) is 1. The maximum atomic E-state index is 13.0. The summed E-state index contributed by atoms with van der Waals surface area (Å²) >= 11 is 0. The summed E-state index contributed by atoms with van der Waals surface area (Å²) in [6.07, 6.45) is 1.63. The van der Waals surface area contributed by atoms with Gasteiger partial charge in [0.05, 0.1) is 18.3 Å². The van der Waals surface area contributed by atoms with E-state index in [1.807, 2.05) is 18.2 Å². The molecule has 0 aliphatic heterocycles. The minimum absolute atomic E-state index is 0.267. The summed E-state index contributed by atoms with van der Waals surface area (Å²) in [5.41, 5.74) is 2.89. The number of carbonyl (C=O) groups is 1. The number of aromatic amines is 1. The monoisotopic (exact) mass is 364 g/mol. The molecule has 2 aromatic heterocycles. The molecule has 0 unspecified atom stereocenters. The third-order valence-corrected chi connectivity index (χ3v) is 4.26. The van der Waals surface area contributed by atoms with Crippen LogP contribution in [0.5, 0.6) is 5.75 Å². The van der Waals surface area contributed by atoms with Gasteiger partial charge in [-0.1, -0.05) is 12.1 Å². The smallest absolute Gasteiger partial charge is 0.356 e. The fourth-order valence-electron chi connectivity index (χ4n) is 2.93. The van der Waals surface area contributed by atoms with Gasteiger partial charge in [-0.25, -0.2) is 14.2 Å². The van der Waals surface area contributed by atoms with Crippen LogP contribution in [0.15, 0.2) is 54.7 Å². The quantitative estimate of drug-likeness (QED) is 0.525. The topological polar surface area (TPSA) is 64.2 Å². The van der Waals surface area contributed by atoms with Crippen LogP contribution in [0, 0.1) is 5.82 Å². The molecule has 0 bridgehead atoms. The van der Waals surface area contributed by atoms with Crippen molar-refractivity contribution in [2.24, 2.45) is 0 Å². The summed E-state index contributed by atoms with van der Waals surface area (Å²) in [6.45, 7) is 2.39. The Balaban J connectivity index is 1.65. The van der Waals surface area contributed by atoms with Gasteiger partial charge < -0.3 is 14.5 Å². The van der Waals surface area contributed by atoms with E-state index in [0.717, 1.165) is 27.4 Å². The molecule has 0 radical (unpaired) electrons. The molecule has 2 heterocycles. The van der Waals surface area contributed by atoms with Crippen molar-refractivity contribution in [2.75, 3.05) is 6.61 Å². The second kappa shape index (κ2) is 7.07. The SMILES string of the molecule is CCOC(=O)c1cc2c(cn1)[nH]c1ccc(OCc3ccc(F)cc3)cc12. The van der Waals surface area contributed by atoms with Crippen LogP contribution < -0.4 is 4.74 Å². The molecule has 27 heavy (non-hydrogen) atoms. The summed E-state index contributed by atoms with van der Waals surface area (Å²) in [5.74, 6) is -0.0374. The maximum absolute atomic E-state index is 13.0. The van der Waals surface area contributed by atoms with Gasteiger partial charge in [0.15, 0.2) is 0 Å². The first-order chi connectivity index (χ1) is 13.1. The van der Waals surface area contributed by atoms with Crippen molar-refractivity contribution in [1.82, 2.24) is 9.97 Å². The molecule has 0 fully saturated rings. The second-order valence-electron chi connectivity index (χ2n) is 6.08. The number of H-pyrrole nitrogens is 1. The molecule has 5 nitrogen and oxygen atoms in total. The number of nitrogens with zero attached hydrogens (tertiary/aromatic N) is 1. The molecule has 0 amide bonds. The van der Waals surface area contributed by atoms with E-state index in [2.05, 4.69) is 9.97 Å². The number of fused-ring (bicyclic) bond motifs is 3. The molecule has 6 heteroatoms. The van der Waals surface area contributed by atoms with Gasteiger partial charge in [0.25, 0.3) is 0 Å². The third kappa shape index (κ3) is 3.46. The van der Waals surface area contributed by atoms with E-state index in [1.54, 1.807) is 31.3 Å². The Morgan fingerprint density at radius 1 is 1.07 bits per heavy atom. The highest BCUT2D eigenvalue weighted by atomic mass is 19.1. The summed E-state index contributed by atoms with van der Waals surface area (Å²) < 4.78 is 23.8. The summed E-state index contributed by atoms with van der Waals surface area (Å²) in [5, 5.41) is 1.80. The largest absolute Gasteiger partial charge is 0.489 e. The number of ether oxygens (including phenoxy) is 2. The van der Waals surface area contributed by atoms with E-state index in [1.165, 1.54) is 12.1 Å². The number of halogens is 1. The molecule has 136 valence electrons. The van der Waals surface area contributed by atoms with Crippen LogP contribution in [0.25, 0.3) is 21.8 Å². The normalized spacial score (nSPS) is 11.0. The van der Waals surface area contributed by atoms with E-state index in [-0.39, 0.29) is 11.5 Å². The lowest BCUT2D eigenvalue weighted by Crippen LogP contribution is -2.06. The lowest BCUT2D eigenvalue weighted by molar-refractivity contribution is 0.0519. The molecule has 0 saturated heterocycles. The highest BCUT2D eigenvalue weighted by Gasteiger charge is 2.12. The maximum Gasteiger partial charge on any atom is 0.356 e. The Morgan fingerprint density at radius 3 is 2.63 bits per heavy atom. The molecule has 0 saturated carbocycles. The van der Waals surface area contributed by atoms with Gasteiger partial charge in [0.2, 0.25) is 0 Å². The Hall–Kier alpha value is -3.41. The van der Waals surface area contributed by atoms with Crippen molar-refractivity contribution in [1.29, 1.82) is 0 Å². The minimum atomic E-state index is -0.447. The third-order valence-electron chi connectivity index (χ3n) is 4.26. The summed E-state index contributed by atoms with van der Waals surface area (Å²) in [6, 6.07) is 13.6. The first kappa shape index (κ1) is 17.0. The molecular weight excluding hydrogens is 347 g/mol. The van der Waals surface area contributed by atoms with E-state index >= 15 is 0 Å². The molecule has 1 N–H and O–H groups in total. The Bertz CT molecular complexity index is 1120. The zero-order valence-electron chi connectivity index (χ0n) is 14.7. The molecular formula is C21H17FN2O3. The van der Waals surface area contributed by atoms with E-state index in [0.29, 0.717) is 19.0 Å². The lowest BCUT2D eigenvalue weighted by Gasteiger charge is -2.06. The van der Waals surface area contributed by atoms with Gasteiger partial charge >= 0.3 is 5.97 Å². The van der Waals surface area contributed by atoms with Gasteiger partial charge in [0, 0.05) is 16.3 Å². The van der Waals surface area contributed by atoms with Crippen LogP contribution in [0.4, 0.5) is 4.39 Å². The fourth-order valence-corrected chi connectivity index (χ4v) is 2.93. The van der Waals surface area contributed by atoms with Gasteiger partial charge in [-0.15, -0.1) is 0 Å². The molecule has 0 spiro atoms. The zero-order chi connectivity index (χ0) is 18.8. The predicted octanol–water partition coefficient (Wildman–Crippen LogP) is 4.61. The highest BCUT2D eigenvalue weighted by molar-refractivity contribution is 6.09. The number of benzene rings is 2. The lowest BCUT2D eigenvalue weighted by atomic mass is 10.1. The fraction of sp³-hybridized carbons (Fsp3) is 0.143. The number of carbonyl (C=O) groups excluding carboxylic acids is 1. The number of aromatic nitrogens is 2. The molecule has 0 atom stereocenters. The van der Waals surface area contributed by atoms with Crippen LogP contribution in [0.2, 0.25) is 0 Å². The van der Waals surface area contributed by atoms with Crippen LogP contribution in [0.3, 0.4) is 0 Å². The van der Waals surface area contributed by atoms with Crippen molar-refractivity contribution in [3.8, 4) is 5.75 Å². The Kier molecular flexibility index (Phi) is 4.46. The van der Waals surface area contributed by atoms with Crippen LogP contribution in [0.1, 0.15) is 23.0 Å². The van der Waals surface area contributed by atoms with E-state index < -0.39 is 5.97 Å². The number of hydrogen-bond acceptors (Lipinski definition) is 4. The first-order valence-corrected chi connectivity index (χ1v) is 8.60. The van der Waals surface area contributed by atoms with Crippen LogP contribution in [-0.2, 0) is 11.3 Å². The van der Waals surface area contributed by atoms with Crippen molar-refractivity contribution in [3.05, 3.63) is 71.8 Å². The number of hydrogen-bond donors (Lipinski definition) is 1. The molecule has 4 rings (SSSR count). The molecule has 0 aliphatic rings. The first-order valence-electron chi connectivity index (χ1n) is 8.60. The van der Waals surface area contributed by atoms with Crippen molar-refractivity contribution < 1.29 is 18.7 Å². The van der Waals surface area contributed by atoms with Crippen molar-refractivity contribution in [3.63, 3.8) is 0 Å². The van der Waals surface area contributed by atoms with Gasteiger partial charge in [-0.2, -0.15) is 0 Å². The van der Waals surface area contributed by atoms with Crippen molar-refractivity contribution >= 4 is 27.8 Å². The van der Waals surface area contributed by atoms with E-state index in [4.69, 9.17) is 9.47 Å². The minimum Gasteiger partial charge on any atom is -0.489 e. The van der Waals surface area contributed by atoms with Crippen LogP contribution >= 0.6 is 0 Å². The Morgan fingerprint density at radius 2 is 1.85 bits per heavy atom. The highest BCUT2D eigenvalue weighted by Crippen LogP contribution is 2.29. The Labute approximate surface area is 154 Å². The number of rotatable bonds is 5. The predicted molar refractivity (Wildman–Crippen MR) is 100 cm³/mol. The average molecular weight is 364 g/mol. The van der Waals surface area contributed by atoms with Gasteiger partial charge in [0.1, 0.15) is 23.9 Å². The summed E-state index contributed by atoms with van der Waals surface area (Å²) in [7, 11) is 0. The van der Waals surface area contributed by atoms with Gasteiger partial charge in [-0.3, -0.25) is 0 Å². The second-order valence-corrected chi connectivity index (χ2v) is 6.08. The molecule has 0 aliphatic carbocycles. The van der Waals surface area contributed by atoms with E-state index in [9.17, 15) is 9.18 Å². The summed E-state index contributed by atoms with van der Waals surface area (Å²) in [4.78, 5) is 19.4. The standard InChI is InChI=1S/C21H17FN2O3/c1-2-26-21(25)19-10-17-16-9-15(7-8-18(16)24-20(17)11-23-19)27-12-13-3-5-14(22)6-4-13/h3-11,24H,2,12H2,1H3. The average Bonchev–Trinajstić information content (AvgIpc) is 3.05. The number of pyridine rings is 1. The molecule has 4 aromatic rings. The zero-order valence-corrected chi connectivity index (χ0v) is 14.7. The van der Waals surface area contributed by atoms with Gasteiger partial charge in [-0.05, 0) is 48.9 Å². The molecule has 2 aromatic carbocycles. The van der Waals surface area contributed by atoms with Crippen molar-refractivity contribution in [2.45, 2.75) is 13.5 Å². The van der Waals surface area contributed by atoms with Crippen LogP contribution in [-0.4, -0.2) is 22.5 Å². The number of esters is 1.